The van der Waals surface area contributed by atoms with E-state index < -0.39 is 29.5 Å². The van der Waals surface area contributed by atoms with Crippen LogP contribution in [0, 0.1) is 0 Å². The number of amides is 2. The van der Waals surface area contributed by atoms with Gasteiger partial charge in [-0.15, -0.1) is 11.3 Å². The number of aromatic nitrogens is 1. The average Bonchev–Trinajstić information content (AvgIpc) is 3.66. The van der Waals surface area contributed by atoms with Crippen LogP contribution in [0.1, 0.15) is 45.4 Å². The Hall–Kier alpha value is -3.70. The zero-order valence-electron chi connectivity index (χ0n) is 24.2. The van der Waals surface area contributed by atoms with Gasteiger partial charge in [0.1, 0.15) is 24.1 Å². The van der Waals surface area contributed by atoms with E-state index in [1.807, 2.05) is 25.1 Å². The van der Waals surface area contributed by atoms with Crippen LogP contribution in [0.5, 0.6) is 5.75 Å². The quantitative estimate of drug-likeness (QED) is 0.0881. The van der Waals surface area contributed by atoms with Crippen molar-refractivity contribution >= 4 is 57.8 Å². The molecule has 0 saturated carbocycles. The Labute approximate surface area is 257 Å². The summed E-state index contributed by atoms with van der Waals surface area (Å²) in [5.74, 6) is -1.22. The lowest BCUT2D eigenvalue weighted by molar-refractivity contribution is -0.214. The standard InChI is InChI=1S/C27H35N7O7S2/c1-5-19(30-17-10-11-29-12-17)16-6-8-18(9-7-16)39-13-21(15(2)35)40-33-22(20-14-42-26(28)31-20)24(36)32-23-25(37)34(41-43-38)27(23,3)4/h5-9,14,17,21,23,29-30,38H,10-13H2,1-4H3,(H2,28,31)(H,32,36)/b19-5-,33-22-/t17-,21+,23-/m1/s1. The number of nitrogens with two attached hydrogens (primary N) is 1. The monoisotopic (exact) mass is 633 g/mol. The van der Waals surface area contributed by atoms with E-state index in [0.717, 1.165) is 47.2 Å². The van der Waals surface area contributed by atoms with Crippen LogP contribution in [-0.4, -0.2) is 81.3 Å². The van der Waals surface area contributed by atoms with Crippen molar-refractivity contribution in [2.24, 2.45) is 5.16 Å². The maximum Gasteiger partial charge on any atom is 0.276 e. The number of allylic oxidation sites excluding steroid dienone is 1. The molecule has 1 aromatic heterocycles. The van der Waals surface area contributed by atoms with Crippen molar-refractivity contribution in [1.82, 2.24) is 26.0 Å². The molecule has 2 fully saturated rings. The molecule has 14 nitrogen and oxygen atoms in total. The molecule has 16 heteroatoms. The number of carbonyl (C=O) groups is 3. The van der Waals surface area contributed by atoms with E-state index in [1.54, 1.807) is 26.0 Å². The molecule has 0 bridgehead atoms. The number of rotatable bonds is 14. The number of β-lactam (4-membered cyclic amide) rings is 1. The lowest BCUT2D eigenvalue weighted by Crippen LogP contribution is -2.76. The smallest absolute Gasteiger partial charge is 0.276 e. The number of benzene rings is 1. The number of ether oxygens (including phenoxy) is 1. The maximum absolute atomic E-state index is 13.2. The molecule has 2 amide bonds. The number of hydrogen-bond acceptors (Lipinski definition) is 14. The Morgan fingerprint density at radius 2 is 2.09 bits per heavy atom. The third-order valence-corrected chi connectivity index (χ3v) is 7.93. The molecule has 0 radical (unpaired) electrons. The molecule has 0 unspecified atom stereocenters. The first-order chi connectivity index (χ1) is 20.5. The van der Waals surface area contributed by atoms with Gasteiger partial charge in [0.25, 0.3) is 11.8 Å². The summed E-state index contributed by atoms with van der Waals surface area (Å²) < 4.78 is 19.6. The number of nitrogen functional groups attached to an aromatic ring is 1. The lowest BCUT2D eigenvalue weighted by Gasteiger charge is -2.50. The Morgan fingerprint density at radius 3 is 2.65 bits per heavy atom. The van der Waals surface area contributed by atoms with Crippen LogP contribution in [-0.2, 0) is 23.5 Å². The van der Waals surface area contributed by atoms with Gasteiger partial charge < -0.3 is 35.8 Å². The van der Waals surface area contributed by atoms with Gasteiger partial charge >= 0.3 is 0 Å². The summed E-state index contributed by atoms with van der Waals surface area (Å²) in [5, 5.41) is 16.0. The molecule has 43 heavy (non-hydrogen) atoms. The molecule has 2 saturated heterocycles. The first-order valence-corrected chi connectivity index (χ1v) is 15.1. The number of hydrogen-bond donors (Lipinski definition) is 5. The summed E-state index contributed by atoms with van der Waals surface area (Å²) in [7, 11) is 0. The number of anilines is 1. The number of Topliss-reactive ketones (excluding diaryl/α,β-unsaturated/α-hetero) is 1. The van der Waals surface area contributed by atoms with E-state index >= 15 is 0 Å². The van der Waals surface area contributed by atoms with Crippen molar-refractivity contribution in [3.63, 3.8) is 0 Å². The highest BCUT2D eigenvalue weighted by atomic mass is 32.2. The van der Waals surface area contributed by atoms with Crippen LogP contribution >= 0.6 is 23.7 Å². The largest absolute Gasteiger partial charge is 0.489 e. The van der Waals surface area contributed by atoms with Crippen LogP contribution in [0.4, 0.5) is 5.13 Å². The van der Waals surface area contributed by atoms with Gasteiger partial charge in [0, 0.05) is 23.7 Å². The van der Waals surface area contributed by atoms with E-state index in [-0.39, 0.29) is 41.3 Å². The molecule has 2 aliphatic rings. The first-order valence-electron chi connectivity index (χ1n) is 13.5. The van der Waals surface area contributed by atoms with Gasteiger partial charge in [-0.25, -0.2) is 4.98 Å². The van der Waals surface area contributed by atoms with Crippen molar-refractivity contribution in [1.29, 1.82) is 0 Å². The number of oxime groups is 1. The predicted molar refractivity (Wildman–Crippen MR) is 163 cm³/mol. The Balaban J connectivity index is 1.42. The van der Waals surface area contributed by atoms with Crippen LogP contribution in [0.25, 0.3) is 5.70 Å². The van der Waals surface area contributed by atoms with Gasteiger partial charge in [0.2, 0.25) is 6.10 Å². The summed E-state index contributed by atoms with van der Waals surface area (Å²) in [6.45, 7) is 8.31. The molecule has 232 valence electrons. The van der Waals surface area contributed by atoms with Crippen LogP contribution in [0.2, 0.25) is 0 Å². The fourth-order valence-corrected chi connectivity index (χ4v) is 5.41. The second kappa shape index (κ2) is 14.2. The Kier molecular flexibility index (Phi) is 10.6. The van der Waals surface area contributed by atoms with Gasteiger partial charge in [-0.1, -0.05) is 11.2 Å². The number of ketones is 1. The second-order valence-electron chi connectivity index (χ2n) is 10.4. The molecule has 3 heterocycles. The summed E-state index contributed by atoms with van der Waals surface area (Å²) in [6.07, 6.45) is 1.93. The molecule has 6 N–H and O–H groups in total. The molecule has 0 aliphatic carbocycles. The first kappa shape index (κ1) is 32.2. The highest BCUT2D eigenvalue weighted by molar-refractivity contribution is 7.88. The van der Waals surface area contributed by atoms with Crippen LogP contribution in [0.15, 0.2) is 40.9 Å². The van der Waals surface area contributed by atoms with Crippen LogP contribution in [0.3, 0.4) is 0 Å². The minimum Gasteiger partial charge on any atom is -0.489 e. The topological polar surface area (TPSA) is 190 Å². The van der Waals surface area contributed by atoms with Crippen molar-refractivity contribution in [2.75, 3.05) is 25.4 Å². The molecule has 4 rings (SSSR count). The lowest BCUT2D eigenvalue weighted by atomic mass is 9.84. The summed E-state index contributed by atoms with van der Waals surface area (Å²) >= 11 is 1.10. The summed E-state index contributed by atoms with van der Waals surface area (Å²) in [6, 6.07) is 6.82. The number of nitrogens with zero attached hydrogens (tertiary/aromatic N) is 3. The van der Waals surface area contributed by atoms with Crippen molar-refractivity contribution < 1.29 is 32.8 Å². The van der Waals surface area contributed by atoms with E-state index in [0.29, 0.717) is 11.8 Å². The van der Waals surface area contributed by atoms with Gasteiger partial charge in [0.15, 0.2) is 29.0 Å². The third-order valence-electron chi connectivity index (χ3n) is 7.04. The third kappa shape index (κ3) is 7.64. The van der Waals surface area contributed by atoms with Gasteiger partial charge in [-0.3, -0.25) is 14.4 Å². The maximum atomic E-state index is 13.2. The normalized spacial score (nSPS) is 20.8. The zero-order valence-corrected chi connectivity index (χ0v) is 25.8. The molecular weight excluding hydrogens is 598 g/mol. The molecule has 2 aromatic rings. The molecule has 1 aromatic carbocycles. The van der Waals surface area contributed by atoms with E-state index in [4.69, 9.17) is 24.1 Å². The summed E-state index contributed by atoms with van der Waals surface area (Å²) in [5.41, 5.74) is 6.62. The van der Waals surface area contributed by atoms with Gasteiger partial charge in [0.05, 0.1) is 5.54 Å². The summed E-state index contributed by atoms with van der Waals surface area (Å²) in [4.78, 5) is 47.7. The molecule has 2 aliphatic heterocycles. The number of hydroxylamine groups is 2. The SMILES string of the molecule is C/C=C(\N[C@@H]1CCNC1)c1ccc(OC[C@H](O/N=C(\C(=O)N[C@@H]2C(=O)N(OSO)C2(C)C)c2csc(N)n2)C(C)=O)cc1. The predicted octanol–water partition coefficient (Wildman–Crippen LogP) is 1.95. The van der Waals surface area contributed by atoms with E-state index in [2.05, 4.69) is 26.1 Å². The van der Waals surface area contributed by atoms with E-state index in [9.17, 15) is 14.4 Å². The van der Waals surface area contributed by atoms with Crippen molar-refractivity contribution in [2.45, 2.75) is 57.8 Å². The van der Waals surface area contributed by atoms with Gasteiger partial charge in [-0.2, -0.15) is 9.35 Å². The highest BCUT2D eigenvalue weighted by Gasteiger charge is 2.57. The van der Waals surface area contributed by atoms with E-state index in [1.165, 1.54) is 12.3 Å². The minimum absolute atomic E-state index is 0.0188. The van der Waals surface area contributed by atoms with Crippen molar-refractivity contribution in [3.8, 4) is 5.75 Å². The fraction of sp³-hybridized carbons (Fsp3) is 0.444. The van der Waals surface area contributed by atoms with Crippen LogP contribution < -0.4 is 26.4 Å². The second-order valence-corrected chi connectivity index (χ2v) is 11.6. The number of thiazole rings is 1. The molecular formula is C27H35N7O7S2. The zero-order chi connectivity index (χ0) is 31.1. The molecule has 3 atom stereocenters. The Bertz CT molecular complexity index is 1370. The highest BCUT2D eigenvalue weighted by Crippen LogP contribution is 2.33. The molecule has 0 spiro atoms. The fourth-order valence-electron chi connectivity index (χ4n) is 4.53. The van der Waals surface area contributed by atoms with Gasteiger partial charge in [-0.05, 0) is 70.5 Å². The average molecular weight is 634 g/mol. The number of carbonyl (C=O) groups excluding carboxylic acids is 3. The Morgan fingerprint density at radius 1 is 1.35 bits per heavy atom. The minimum atomic E-state index is -1.15. The number of nitrogens with one attached hydrogen (secondary N) is 3. The van der Waals surface area contributed by atoms with Crippen molar-refractivity contribution in [3.05, 3.63) is 47.0 Å².